The maximum atomic E-state index is 4.11. The Bertz CT molecular complexity index is 437. The van der Waals surface area contributed by atoms with Crippen LogP contribution in [0.3, 0.4) is 0 Å². The van der Waals surface area contributed by atoms with Gasteiger partial charge in [0.25, 0.3) is 0 Å². The first-order chi connectivity index (χ1) is 7.77. The van der Waals surface area contributed by atoms with Crippen LogP contribution in [0.1, 0.15) is 29.9 Å². The lowest BCUT2D eigenvalue weighted by Crippen LogP contribution is -2.19. The first-order valence-electron chi connectivity index (χ1n) is 5.25. The molecule has 0 aliphatic heterocycles. The lowest BCUT2D eigenvalue weighted by atomic mass is 10.1. The summed E-state index contributed by atoms with van der Waals surface area (Å²) in [5.74, 6) is 0.849. The van der Waals surface area contributed by atoms with E-state index in [1.54, 1.807) is 6.20 Å². The molecule has 2 rings (SSSR count). The van der Waals surface area contributed by atoms with Gasteiger partial charge in [0.2, 0.25) is 0 Å². The second-order valence-electron chi connectivity index (χ2n) is 3.78. The van der Waals surface area contributed by atoms with Crippen LogP contribution >= 0.6 is 0 Å². The molecule has 1 unspecified atom stereocenters. The molecule has 2 N–H and O–H groups in total. The lowest BCUT2D eigenvalue weighted by Gasteiger charge is -2.11. The van der Waals surface area contributed by atoms with E-state index in [1.165, 1.54) is 17.5 Å². The molecule has 0 spiro atoms. The molecule has 0 amide bonds. The van der Waals surface area contributed by atoms with Crippen molar-refractivity contribution in [1.29, 1.82) is 0 Å². The maximum Gasteiger partial charge on any atom is 0.141 e. The van der Waals surface area contributed by atoms with Crippen molar-refractivity contribution in [2.24, 2.45) is 0 Å². The van der Waals surface area contributed by atoms with Crippen molar-refractivity contribution in [3.8, 4) is 0 Å². The Morgan fingerprint density at radius 1 is 1.50 bits per heavy atom. The monoisotopic (exact) mass is 217 g/mol. The Hall–Kier alpha value is -1.75. The fourth-order valence-corrected chi connectivity index (χ4v) is 1.47. The van der Waals surface area contributed by atoms with Gasteiger partial charge in [0.15, 0.2) is 0 Å². The fraction of sp³-hybridized carbons (Fsp3) is 0.364. The van der Waals surface area contributed by atoms with E-state index in [-0.39, 0.29) is 6.04 Å². The summed E-state index contributed by atoms with van der Waals surface area (Å²) in [5, 5.41) is 10.0. The normalized spacial score (nSPS) is 12.6. The van der Waals surface area contributed by atoms with Gasteiger partial charge >= 0.3 is 0 Å². The van der Waals surface area contributed by atoms with Crippen molar-refractivity contribution in [1.82, 2.24) is 25.5 Å². The van der Waals surface area contributed by atoms with Crippen LogP contribution < -0.4 is 5.32 Å². The number of hydrogen-bond donors (Lipinski definition) is 2. The SMILES string of the molecule is Cc1ccncc1CNC(C)c1ncn[nH]1. The highest BCUT2D eigenvalue weighted by Crippen LogP contribution is 2.08. The number of pyridine rings is 1. The van der Waals surface area contributed by atoms with E-state index in [0.717, 1.165) is 12.4 Å². The smallest absolute Gasteiger partial charge is 0.141 e. The van der Waals surface area contributed by atoms with Crippen molar-refractivity contribution in [3.63, 3.8) is 0 Å². The summed E-state index contributed by atoms with van der Waals surface area (Å²) in [5.41, 5.74) is 2.45. The first kappa shape index (κ1) is 10.8. The molecule has 0 aromatic carbocycles. The molecule has 0 aliphatic carbocycles. The van der Waals surface area contributed by atoms with Gasteiger partial charge in [-0.15, -0.1) is 0 Å². The lowest BCUT2D eigenvalue weighted by molar-refractivity contribution is 0.546. The molecule has 2 heterocycles. The number of aromatic amines is 1. The molecular formula is C11H15N5. The van der Waals surface area contributed by atoms with E-state index < -0.39 is 0 Å². The van der Waals surface area contributed by atoms with Crippen molar-refractivity contribution in [2.45, 2.75) is 26.4 Å². The minimum Gasteiger partial charge on any atom is -0.303 e. The molecule has 0 fully saturated rings. The van der Waals surface area contributed by atoms with E-state index >= 15 is 0 Å². The average molecular weight is 217 g/mol. The highest BCUT2D eigenvalue weighted by atomic mass is 15.2. The summed E-state index contributed by atoms with van der Waals surface area (Å²) < 4.78 is 0. The molecule has 5 nitrogen and oxygen atoms in total. The number of rotatable bonds is 4. The summed E-state index contributed by atoms with van der Waals surface area (Å²) in [4.78, 5) is 8.22. The summed E-state index contributed by atoms with van der Waals surface area (Å²) >= 11 is 0. The molecule has 16 heavy (non-hydrogen) atoms. The van der Waals surface area contributed by atoms with Gasteiger partial charge in [-0.05, 0) is 31.0 Å². The quantitative estimate of drug-likeness (QED) is 0.811. The van der Waals surface area contributed by atoms with E-state index in [0.29, 0.717) is 0 Å². The van der Waals surface area contributed by atoms with Crippen LogP contribution in [-0.2, 0) is 6.54 Å². The number of nitrogens with zero attached hydrogens (tertiary/aromatic N) is 3. The second kappa shape index (κ2) is 4.85. The third-order valence-electron chi connectivity index (χ3n) is 2.59. The Morgan fingerprint density at radius 2 is 2.38 bits per heavy atom. The van der Waals surface area contributed by atoms with Crippen molar-refractivity contribution < 1.29 is 0 Å². The van der Waals surface area contributed by atoms with Crippen LogP contribution in [0.15, 0.2) is 24.8 Å². The number of aromatic nitrogens is 4. The molecule has 0 saturated carbocycles. The Labute approximate surface area is 94.3 Å². The van der Waals surface area contributed by atoms with Crippen molar-refractivity contribution in [3.05, 3.63) is 41.7 Å². The molecular weight excluding hydrogens is 202 g/mol. The number of aryl methyl sites for hydroxylation is 1. The largest absolute Gasteiger partial charge is 0.303 e. The van der Waals surface area contributed by atoms with Gasteiger partial charge in [0.1, 0.15) is 12.2 Å². The summed E-state index contributed by atoms with van der Waals surface area (Å²) in [7, 11) is 0. The number of H-pyrrole nitrogens is 1. The third-order valence-corrected chi connectivity index (χ3v) is 2.59. The van der Waals surface area contributed by atoms with E-state index in [2.05, 4.69) is 32.4 Å². The Morgan fingerprint density at radius 3 is 3.06 bits per heavy atom. The van der Waals surface area contributed by atoms with Crippen LogP contribution in [0.5, 0.6) is 0 Å². The zero-order chi connectivity index (χ0) is 11.4. The predicted octanol–water partition coefficient (Wildman–Crippen LogP) is 1.36. The summed E-state index contributed by atoms with van der Waals surface area (Å²) in [6.07, 6.45) is 5.21. The van der Waals surface area contributed by atoms with Crippen LogP contribution in [0.2, 0.25) is 0 Å². The van der Waals surface area contributed by atoms with Gasteiger partial charge in [0.05, 0.1) is 6.04 Å². The molecule has 0 radical (unpaired) electrons. The minimum absolute atomic E-state index is 0.155. The van der Waals surface area contributed by atoms with Gasteiger partial charge in [-0.3, -0.25) is 10.1 Å². The highest BCUT2D eigenvalue weighted by molar-refractivity contribution is 5.21. The van der Waals surface area contributed by atoms with E-state index in [1.807, 2.05) is 19.2 Å². The van der Waals surface area contributed by atoms with Crippen molar-refractivity contribution in [2.75, 3.05) is 0 Å². The molecule has 0 aliphatic rings. The molecule has 0 bridgehead atoms. The first-order valence-corrected chi connectivity index (χ1v) is 5.25. The Balaban J connectivity index is 1.95. The molecule has 2 aromatic heterocycles. The number of hydrogen-bond acceptors (Lipinski definition) is 4. The van der Waals surface area contributed by atoms with Crippen LogP contribution in [0.25, 0.3) is 0 Å². The molecule has 5 heteroatoms. The molecule has 1 atom stereocenters. The summed E-state index contributed by atoms with van der Waals surface area (Å²) in [6, 6.07) is 2.16. The van der Waals surface area contributed by atoms with E-state index in [4.69, 9.17) is 0 Å². The predicted molar refractivity (Wildman–Crippen MR) is 60.6 cm³/mol. The fourth-order valence-electron chi connectivity index (χ4n) is 1.47. The summed E-state index contributed by atoms with van der Waals surface area (Å²) in [6.45, 7) is 4.91. The molecule has 84 valence electrons. The number of nitrogens with one attached hydrogen (secondary N) is 2. The van der Waals surface area contributed by atoms with Gasteiger partial charge in [0, 0.05) is 18.9 Å². The topological polar surface area (TPSA) is 66.5 Å². The van der Waals surface area contributed by atoms with Crippen LogP contribution in [0, 0.1) is 6.92 Å². The second-order valence-corrected chi connectivity index (χ2v) is 3.78. The average Bonchev–Trinajstić information content (AvgIpc) is 2.81. The maximum absolute atomic E-state index is 4.11. The third kappa shape index (κ3) is 2.43. The minimum atomic E-state index is 0.155. The standard InChI is InChI=1S/C11H15N5/c1-8-3-4-12-5-10(8)6-13-9(2)11-14-7-15-16-11/h3-5,7,9,13H,6H2,1-2H3,(H,14,15,16). The highest BCUT2D eigenvalue weighted by Gasteiger charge is 2.07. The van der Waals surface area contributed by atoms with Crippen LogP contribution in [0.4, 0.5) is 0 Å². The zero-order valence-electron chi connectivity index (χ0n) is 9.44. The molecule has 2 aromatic rings. The van der Waals surface area contributed by atoms with Gasteiger partial charge in [-0.2, -0.15) is 5.10 Å². The van der Waals surface area contributed by atoms with Crippen LogP contribution in [-0.4, -0.2) is 20.2 Å². The van der Waals surface area contributed by atoms with Gasteiger partial charge in [-0.1, -0.05) is 0 Å². The van der Waals surface area contributed by atoms with Gasteiger partial charge in [-0.25, -0.2) is 4.98 Å². The zero-order valence-corrected chi connectivity index (χ0v) is 9.44. The van der Waals surface area contributed by atoms with Gasteiger partial charge < -0.3 is 5.32 Å². The Kier molecular flexibility index (Phi) is 3.26. The molecule has 0 saturated heterocycles. The van der Waals surface area contributed by atoms with E-state index in [9.17, 15) is 0 Å². The van der Waals surface area contributed by atoms with Crippen molar-refractivity contribution >= 4 is 0 Å².